The molecule has 1 aliphatic rings. The Morgan fingerprint density at radius 3 is 2.47 bits per heavy atom. The van der Waals surface area contributed by atoms with Crippen LogP contribution in [0.5, 0.6) is 0 Å². The van der Waals surface area contributed by atoms with Crippen molar-refractivity contribution >= 4 is 11.8 Å². The first-order valence-corrected chi connectivity index (χ1v) is 5.20. The molecule has 1 heterocycles. The van der Waals surface area contributed by atoms with Crippen LogP contribution in [0.1, 0.15) is 19.8 Å². The van der Waals surface area contributed by atoms with Crippen LogP contribution in [0.2, 0.25) is 0 Å². The van der Waals surface area contributed by atoms with Crippen molar-refractivity contribution < 1.29 is 19.4 Å². The van der Waals surface area contributed by atoms with Gasteiger partial charge in [0.05, 0.1) is 0 Å². The third kappa shape index (κ3) is 3.28. The number of carbonyl (C=O) groups is 2. The highest BCUT2D eigenvalue weighted by Crippen LogP contribution is 2.12. The summed E-state index contributed by atoms with van der Waals surface area (Å²) in [6, 6.07) is 0. The number of aliphatic hydroxyl groups excluding tert-OH is 1. The molecular formula is C10H17NO4. The zero-order valence-electron chi connectivity index (χ0n) is 8.94. The van der Waals surface area contributed by atoms with Crippen LogP contribution < -0.4 is 0 Å². The molecule has 1 atom stereocenters. The van der Waals surface area contributed by atoms with E-state index in [1.807, 2.05) is 6.92 Å². The van der Waals surface area contributed by atoms with Crippen molar-refractivity contribution in [2.75, 3.05) is 26.4 Å². The quantitative estimate of drug-likeness (QED) is 0.644. The Kier molecular flexibility index (Phi) is 4.71. The van der Waals surface area contributed by atoms with Gasteiger partial charge in [0.1, 0.15) is 13.2 Å². The minimum atomic E-state index is -0.275. The normalized spacial score (nSPS) is 19.5. The fourth-order valence-electron chi connectivity index (χ4n) is 1.59. The van der Waals surface area contributed by atoms with Crippen LogP contribution in [0.4, 0.5) is 0 Å². The topological polar surface area (TPSA) is 66.8 Å². The lowest BCUT2D eigenvalue weighted by atomic mass is 10.0. The predicted octanol–water partition coefficient (Wildman–Crippen LogP) is -0.220. The van der Waals surface area contributed by atoms with E-state index in [1.165, 1.54) is 4.90 Å². The van der Waals surface area contributed by atoms with Crippen molar-refractivity contribution in [2.45, 2.75) is 19.8 Å². The molecule has 15 heavy (non-hydrogen) atoms. The van der Waals surface area contributed by atoms with Crippen molar-refractivity contribution in [3.05, 3.63) is 0 Å². The predicted molar refractivity (Wildman–Crippen MR) is 53.0 cm³/mol. The van der Waals surface area contributed by atoms with Gasteiger partial charge in [-0.25, -0.2) is 0 Å². The summed E-state index contributed by atoms with van der Waals surface area (Å²) in [6.45, 7) is 2.45. The lowest BCUT2D eigenvalue weighted by molar-refractivity contribution is -0.159. The van der Waals surface area contributed by atoms with Gasteiger partial charge in [0.25, 0.3) is 11.8 Å². The van der Waals surface area contributed by atoms with E-state index in [2.05, 4.69) is 0 Å². The summed E-state index contributed by atoms with van der Waals surface area (Å²) in [4.78, 5) is 24.0. The smallest absolute Gasteiger partial charge is 0.255 e. The van der Waals surface area contributed by atoms with Crippen LogP contribution >= 0.6 is 0 Å². The van der Waals surface area contributed by atoms with E-state index in [-0.39, 0.29) is 37.6 Å². The number of aliphatic hydroxyl groups is 1. The Morgan fingerprint density at radius 2 is 2.00 bits per heavy atom. The van der Waals surface area contributed by atoms with E-state index in [4.69, 9.17) is 9.84 Å². The molecule has 0 aromatic carbocycles. The van der Waals surface area contributed by atoms with Crippen molar-refractivity contribution in [3.8, 4) is 0 Å². The average Bonchev–Trinajstić information content (AvgIpc) is 2.22. The molecule has 1 fully saturated rings. The third-order valence-corrected chi connectivity index (χ3v) is 2.61. The summed E-state index contributed by atoms with van der Waals surface area (Å²) < 4.78 is 4.81. The molecule has 1 rings (SSSR count). The SMILES string of the molecule is CCC(CCO)CN1C(=O)COCC1=O. The first-order valence-electron chi connectivity index (χ1n) is 5.20. The summed E-state index contributed by atoms with van der Waals surface area (Å²) in [6.07, 6.45) is 1.47. The molecule has 1 unspecified atom stereocenters. The van der Waals surface area contributed by atoms with E-state index in [9.17, 15) is 9.59 Å². The number of amides is 2. The summed E-state index contributed by atoms with van der Waals surface area (Å²) in [5.41, 5.74) is 0. The Balaban J connectivity index is 2.52. The van der Waals surface area contributed by atoms with E-state index in [0.29, 0.717) is 13.0 Å². The Labute approximate surface area is 89.0 Å². The highest BCUT2D eigenvalue weighted by Gasteiger charge is 2.28. The van der Waals surface area contributed by atoms with Crippen molar-refractivity contribution in [2.24, 2.45) is 5.92 Å². The standard InChI is InChI=1S/C10H17NO4/c1-2-8(3-4-12)5-11-9(13)6-15-7-10(11)14/h8,12H,2-7H2,1H3. The van der Waals surface area contributed by atoms with Crippen LogP contribution in [-0.4, -0.2) is 48.2 Å². The van der Waals surface area contributed by atoms with Crippen LogP contribution in [0, 0.1) is 5.92 Å². The molecule has 0 aromatic rings. The monoisotopic (exact) mass is 215 g/mol. The first-order chi connectivity index (χ1) is 7.19. The maximum absolute atomic E-state index is 11.4. The third-order valence-electron chi connectivity index (χ3n) is 2.61. The first kappa shape index (κ1) is 12.1. The zero-order chi connectivity index (χ0) is 11.3. The van der Waals surface area contributed by atoms with Crippen LogP contribution in [0.25, 0.3) is 0 Å². The Bertz CT molecular complexity index is 226. The minimum absolute atomic E-state index is 0.0126. The molecule has 0 aliphatic carbocycles. The number of carbonyl (C=O) groups excluding carboxylic acids is 2. The summed E-state index contributed by atoms with van der Waals surface area (Å²) in [5.74, 6) is -0.369. The second-order valence-corrected chi connectivity index (χ2v) is 3.68. The van der Waals surface area contributed by atoms with Gasteiger partial charge in [-0.2, -0.15) is 0 Å². The van der Waals surface area contributed by atoms with Gasteiger partial charge in [0.15, 0.2) is 0 Å². The number of imide groups is 1. The van der Waals surface area contributed by atoms with E-state index < -0.39 is 0 Å². The van der Waals surface area contributed by atoms with Gasteiger partial charge in [0.2, 0.25) is 0 Å². The van der Waals surface area contributed by atoms with Gasteiger partial charge >= 0.3 is 0 Å². The number of hydrogen-bond donors (Lipinski definition) is 1. The molecule has 1 aliphatic heterocycles. The van der Waals surface area contributed by atoms with Gasteiger partial charge in [-0.3, -0.25) is 14.5 Å². The molecule has 0 aromatic heterocycles. The van der Waals surface area contributed by atoms with E-state index >= 15 is 0 Å². The van der Waals surface area contributed by atoms with Crippen molar-refractivity contribution in [1.82, 2.24) is 4.90 Å². The molecule has 1 N–H and O–H groups in total. The largest absolute Gasteiger partial charge is 0.396 e. The van der Waals surface area contributed by atoms with Gasteiger partial charge in [-0.1, -0.05) is 13.3 Å². The zero-order valence-corrected chi connectivity index (χ0v) is 8.94. The molecule has 2 amide bonds. The molecule has 0 bridgehead atoms. The second kappa shape index (κ2) is 5.82. The van der Waals surface area contributed by atoms with Gasteiger partial charge in [0, 0.05) is 13.2 Å². The van der Waals surface area contributed by atoms with Crippen LogP contribution in [0.3, 0.4) is 0 Å². The fourth-order valence-corrected chi connectivity index (χ4v) is 1.59. The number of rotatable bonds is 5. The lowest BCUT2D eigenvalue weighted by Gasteiger charge is -2.28. The molecule has 5 heteroatoms. The maximum Gasteiger partial charge on any atom is 0.255 e. The van der Waals surface area contributed by atoms with Gasteiger partial charge < -0.3 is 9.84 Å². The summed E-state index contributed by atoms with van der Waals surface area (Å²) in [7, 11) is 0. The molecular weight excluding hydrogens is 198 g/mol. The molecule has 1 saturated heterocycles. The number of nitrogens with zero attached hydrogens (tertiary/aromatic N) is 1. The van der Waals surface area contributed by atoms with E-state index in [0.717, 1.165) is 6.42 Å². The summed E-state index contributed by atoms with van der Waals surface area (Å²) >= 11 is 0. The van der Waals surface area contributed by atoms with Crippen molar-refractivity contribution in [1.29, 1.82) is 0 Å². The molecule has 86 valence electrons. The molecule has 0 saturated carbocycles. The molecule has 5 nitrogen and oxygen atoms in total. The Hall–Kier alpha value is -0.940. The average molecular weight is 215 g/mol. The Morgan fingerprint density at radius 1 is 1.40 bits per heavy atom. The maximum atomic E-state index is 11.4. The number of ether oxygens (including phenoxy) is 1. The molecule has 0 spiro atoms. The van der Waals surface area contributed by atoms with Gasteiger partial charge in [-0.05, 0) is 12.3 Å². The number of morpholine rings is 1. The van der Waals surface area contributed by atoms with Crippen molar-refractivity contribution in [3.63, 3.8) is 0 Å². The highest BCUT2D eigenvalue weighted by molar-refractivity contribution is 5.98. The number of hydrogen-bond acceptors (Lipinski definition) is 4. The van der Waals surface area contributed by atoms with Gasteiger partial charge in [-0.15, -0.1) is 0 Å². The van der Waals surface area contributed by atoms with Crippen LogP contribution in [0.15, 0.2) is 0 Å². The second-order valence-electron chi connectivity index (χ2n) is 3.68. The lowest BCUT2D eigenvalue weighted by Crippen LogP contribution is -2.48. The summed E-state index contributed by atoms with van der Waals surface area (Å²) in [5, 5.41) is 8.82. The van der Waals surface area contributed by atoms with E-state index in [1.54, 1.807) is 0 Å². The highest BCUT2D eigenvalue weighted by atomic mass is 16.5. The van der Waals surface area contributed by atoms with Crippen LogP contribution in [-0.2, 0) is 14.3 Å². The molecule has 0 radical (unpaired) electrons. The fraction of sp³-hybridized carbons (Fsp3) is 0.800. The minimum Gasteiger partial charge on any atom is -0.396 e.